The highest BCUT2D eigenvalue weighted by atomic mass is 16.5. The van der Waals surface area contributed by atoms with Gasteiger partial charge in [0.05, 0.1) is 6.04 Å². The molecular formula is C19H19NO. The number of benzene rings is 2. The maximum absolute atomic E-state index is 6.27. The Labute approximate surface area is 125 Å². The Kier molecular flexibility index (Phi) is 2.68. The van der Waals surface area contributed by atoms with Crippen LogP contribution in [-0.2, 0) is 16.6 Å². The van der Waals surface area contributed by atoms with Gasteiger partial charge in [0.1, 0.15) is 6.10 Å². The van der Waals surface area contributed by atoms with Crippen molar-refractivity contribution in [3.63, 3.8) is 0 Å². The zero-order valence-corrected chi connectivity index (χ0v) is 12.4. The average Bonchev–Trinajstić information content (AvgIpc) is 2.93. The molecule has 2 atom stereocenters. The molecule has 4 rings (SSSR count). The highest BCUT2D eigenvalue weighted by Crippen LogP contribution is 2.42. The molecule has 0 unspecified atom stereocenters. The van der Waals surface area contributed by atoms with Gasteiger partial charge in [-0.2, -0.15) is 0 Å². The Bertz CT molecular complexity index is 703. The first kappa shape index (κ1) is 12.6. The molecule has 0 aromatic heterocycles. The van der Waals surface area contributed by atoms with Crippen molar-refractivity contribution >= 4 is 5.90 Å². The van der Waals surface area contributed by atoms with Crippen molar-refractivity contribution in [3.8, 4) is 0 Å². The molecule has 0 amide bonds. The van der Waals surface area contributed by atoms with Crippen LogP contribution in [0.4, 0.5) is 0 Å². The normalized spacial score (nSPS) is 25.5. The number of hydrogen-bond donors (Lipinski definition) is 0. The SMILES string of the molecule is CC1(C)c2ccccc2C[C@H]2N=C(c3ccccc3)O[C@H]21. The zero-order chi connectivity index (χ0) is 14.4. The third-order valence-electron chi connectivity index (χ3n) is 4.74. The van der Waals surface area contributed by atoms with Gasteiger partial charge in [-0.05, 0) is 29.7 Å². The van der Waals surface area contributed by atoms with E-state index in [9.17, 15) is 0 Å². The van der Waals surface area contributed by atoms with Crippen molar-refractivity contribution in [2.75, 3.05) is 0 Å². The summed E-state index contributed by atoms with van der Waals surface area (Å²) in [5.74, 6) is 0.798. The fourth-order valence-electron chi connectivity index (χ4n) is 3.66. The van der Waals surface area contributed by atoms with Crippen molar-refractivity contribution in [3.05, 3.63) is 71.3 Å². The number of hydrogen-bond acceptors (Lipinski definition) is 2. The minimum Gasteiger partial charge on any atom is -0.471 e. The predicted octanol–water partition coefficient (Wildman–Crippen LogP) is 3.73. The maximum Gasteiger partial charge on any atom is 0.216 e. The molecule has 0 saturated carbocycles. The minimum absolute atomic E-state index is 0.0143. The first-order chi connectivity index (χ1) is 10.2. The van der Waals surface area contributed by atoms with E-state index >= 15 is 0 Å². The molecule has 0 radical (unpaired) electrons. The smallest absolute Gasteiger partial charge is 0.216 e. The molecule has 0 N–H and O–H groups in total. The van der Waals surface area contributed by atoms with E-state index in [4.69, 9.17) is 9.73 Å². The second-order valence-electron chi connectivity index (χ2n) is 6.49. The molecule has 0 spiro atoms. The van der Waals surface area contributed by atoms with Crippen LogP contribution in [0.25, 0.3) is 0 Å². The van der Waals surface area contributed by atoms with Crippen LogP contribution in [0.3, 0.4) is 0 Å². The van der Waals surface area contributed by atoms with Gasteiger partial charge >= 0.3 is 0 Å². The van der Waals surface area contributed by atoms with Gasteiger partial charge < -0.3 is 4.74 Å². The van der Waals surface area contributed by atoms with Gasteiger partial charge in [0, 0.05) is 11.0 Å². The average molecular weight is 277 g/mol. The summed E-state index contributed by atoms with van der Waals surface area (Å²) in [5, 5.41) is 0. The maximum atomic E-state index is 6.27. The van der Waals surface area contributed by atoms with E-state index in [1.165, 1.54) is 11.1 Å². The predicted molar refractivity (Wildman–Crippen MR) is 84.8 cm³/mol. The molecule has 2 nitrogen and oxygen atoms in total. The highest BCUT2D eigenvalue weighted by Gasteiger charge is 2.47. The molecule has 0 saturated heterocycles. The Hall–Kier alpha value is -2.09. The summed E-state index contributed by atoms with van der Waals surface area (Å²) in [6.07, 6.45) is 1.10. The molecule has 1 aliphatic carbocycles. The van der Waals surface area contributed by atoms with Crippen molar-refractivity contribution in [2.45, 2.75) is 37.8 Å². The summed E-state index contributed by atoms with van der Waals surface area (Å²) < 4.78 is 6.27. The van der Waals surface area contributed by atoms with Gasteiger partial charge in [0.15, 0.2) is 0 Å². The lowest BCUT2D eigenvalue weighted by Gasteiger charge is -2.40. The van der Waals surface area contributed by atoms with E-state index < -0.39 is 0 Å². The van der Waals surface area contributed by atoms with Crippen LogP contribution < -0.4 is 0 Å². The third-order valence-corrected chi connectivity index (χ3v) is 4.74. The van der Waals surface area contributed by atoms with E-state index in [0.29, 0.717) is 0 Å². The second kappa shape index (κ2) is 4.45. The second-order valence-corrected chi connectivity index (χ2v) is 6.49. The fourth-order valence-corrected chi connectivity index (χ4v) is 3.66. The molecule has 21 heavy (non-hydrogen) atoms. The van der Waals surface area contributed by atoms with Crippen LogP contribution >= 0.6 is 0 Å². The van der Waals surface area contributed by atoms with Gasteiger partial charge in [0.25, 0.3) is 0 Å². The van der Waals surface area contributed by atoms with Crippen LogP contribution in [-0.4, -0.2) is 18.0 Å². The van der Waals surface area contributed by atoms with Crippen molar-refractivity contribution in [1.29, 1.82) is 0 Å². The molecule has 1 heterocycles. The van der Waals surface area contributed by atoms with Crippen molar-refractivity contribution < 1.29 is 4.74 Å². The number of ether oxygens (including phenoxy) is 1. The summed E-state index contributed by atoms with van der Waals surface area (Å²) in [4.78, 5) is 4.87. The van der Waals surface area contributed by atoms with Gasteiger partial charge in [-0.15, -0.1) is 0 Å². The summed E-state index contributed by atoms with van der Waals surface area (Å²) in [5.41, 5.74) is 3.87. The molecule has 2 aromatic carbocycles. The van der Waals surface area contributed by atoms with E-state index in [1.54, 1.807) is 0 Å². The van der Waals surface area contributed by atoms with Crippen LogP contribution in [0.15, 0.2) is 59.6 Å². The number of rotatable bonds is 1. The van der Waals surface area contributed by atoms with Crippen LogP contribution in [0, 0.1) is 0 Å². The third kappa shape index (κ3) is 1.90. The molecule has 106 valence electrons. The molecule has 0 bridgehead atoms. The molecule has 2 aromatic rings. The summed E-state index contributed by atoms with van der Waals surface area (Å²) in [6.45, 7) is 4.54. The van der Waals surface area contributed by atoms with E-state index in [-0.39, 0.29) is 17.6 Å². The zero-order valence-electron chi connectivity index (χ0n) is 12.4. The lowest BCUT2D eigenvalue weighted by atomic mass is 9.69. The Morgan fingerprint density at radius 3 is 2.52 bits per heavy atom. The summed E-state index contributed by atoms with van der Waals surface area (Å²) in [6, 6.07) is 19.1. The first-order valence-corrected chi connectivity index (χ1v) is 7.54. The fraction of sp³-hybridized carbons (Fsp3) is 0.316. The van der Waals surface area contributed by atoms with Crippen molar-refractivity contribution in [1.82, 2.24) is 0 Å². The lowest BCUT2D eigenvalue weighted by Crippen LogP contribution is -2.46. The lowest BCUT2D eigenvalue weighted by molar-refractivity contribution is 0.105. The minimum atomic E-state index is -0.0143. The van der Waals surface area contributed by atoms with Crippen LogP contribution in [0.1, 0.15) is 30.5 Å². The van der Waals surface area contributed by atoms with Gasteiger partial charge in [-0.3, -0.25) is 0 Å². The molecule has 1 aliphatic heterocycles. The number of aliphatic imine (C=N–C) groups is 1. The highest BCUT2D eigenvalue weighted by molar-refractivity contribution is 5.95. The molecule has 0 fully saturated rings. The Morgan fingerprint density at radius 1 is 1.00 bits per heavy atom. The van der Waals surface area contributed by atoms with E-state index in [1.807, 2.05) is 18.2 Å². The number of nitrogens with zero attached hydrogens (tertiary/aromatic N) is 1. The molecule has 2 aliphatic rings. The van der Waals surface area contributed by atoms with Gasteiger partial charge in [-0.25, -0.2) is 4.99 Å². The topological polar surface area (TPSA) is 21.6 Å². The molecular weight excluding hydrogens is 258 g/mol. The summed E-state index contributed by atoms with van der Waals surface area (Å²) in [7, 11) is 0. The largest absolute Gasteiger partial charge is 0.471 e. The Morgan fingerprint density at radius 2 is 1.71 bits per heavy atom. The monoisotopic (exact) mass is 277 g/mol. The van der Waals surface area contributed by atoms with Gasteiger partial charge in [0.2, 0.25) is 5.90 Å². The first-order valence-electron chi connectivity index (χ1n) is 7.54. The van der Waals surface area contributed by atoms with E-state index in [2.05, 4.69) is 50.2 Å². The summed E-state index contributed by atoms with van der Waals surface area (Å²) >= 11 is 0. The Balaban J connectivity index is 1.74. The van der Waals surface area contributed by atoms with Gasteiger partial charge in [-0.1, -0.05) is 56.3 Å². The molecule has 2 heteroatoms. The quantitative estimate of drug-likeness (QED) is 0.778. The van der Waals surface area contributed by atoms with Crippen LogP contribution in [0.2, 0.25) is 0 Å². The van der Waals surface area contributed by atoms with Crippen molar-refractivity contribution in [2.24, 2.45) is 4.99 Å². The van der Waals surface area contributed by atoms with Crippen LogP contribution in [0.5, 0.6) is 0 Å². The van der Waals surface area contributed by atoms with E-state index in [0.717, 1.165) is 17.9 Å². The number of fused-ring (bicyclic) bond motifs is 2. The standard InChI is InChI=1S/C19H19NO/c1-19(2)15-11-7-6-10-14(15)12-16-17(19)21-18(20-16)13-8-4-3-5-9-13/h3-11,16-17H,12H2,1-2H3/t16-,17-/m1/s1.